The number of furan rings is 1. The molecular formula is C23H21F3O4. The van der Waals surface area contributed by atoms with E-state index >= 15 is 0 Å². The number of carboxylic acid groups (broad SMARTS) is 1. The number of rotatable bonds is 7. The Morgan fingerprint density at radius 1 is 1.03 bits per heavy atom. The molecule has 0 radical (unpaired) electrons. The summed E-state index contributed by atoms with van der Waals surface area (Å²) in [6, 6.07) is 12.1. The Labute approximate surface area is 171 Å². The van der Waals surface area contributed by atoms with Gasteiger partial charge in [0.1, 0.15) is 23.9 Å². The fraction of sp³-hybridized carbons (Fsp3) is 0.261. The molecule has 0 fully saturated rings. The van der Waals surface area contributed by atoms with E-state index in [2.05, 4.69) is 0 Å². The first-order valence-corrected chi connectivity index (χ1v) is 9.34. The molecule has 0 aliphatic carbocycles. The lowest BCUT2D eigenvalue weighted by Crippen LogP contribution is -2.03. The molecular weight excluding hydrogens is 397 g/mol. The minimum absolute atomic E-state index is 0.0714. The topological polar surface area (TPSA) is 59.7 Å². The quantitative estimate of drug-likeness (QED) is 0.498. The summed E-state index contributed by atoms with van der Waals surface area (Å²) in [5.41, 5.74) is 2.53. The normalized spacial score (nSPS) is 11.5. The summed E-state index contributed by atoms with van der Waals surface area (Å²) in [5.74, 6) is 0.900. The second-order valence-corrected chi connectivity index (χ2v) is 7.04. The Balaban J connectivity index is 1.68. The molecule has 0 saturated carbocycles. The molecule has 1 heterocycles. The Hall–Kier alpha value is -3.22. The van der Waals surface area contributed by atoms with Crippen molar-refractivity contribution in [2.75, 3.05) is 0 Å². The predicted molar refractivity (Wildman–Crippen MR) is 105 cm³/mol. The number of carboxylic acids is 1. The van der Waals surface area contributed by atoms with Crippen LogP contribution in [0, 0.1) is 13.8 Å². The van der Waals surface area contributed by atoms with Gasteiger partial charge in [0.15, 0.2) is 0 Å². The number of alkyl halides is 3. The molecule has 0 atom stereocenters. The van der Waals surface area contributed by atoms with E-state index in [0.717, 1.165) is 28.8 Å². The molecule has 0 saturated heterocycles. The zero-order valence-corrected chi connectivity index (χ0v) is 16.5. The minimum Gasteiger partial charge on any atom is -0.489 e. The molecule has 0 aliphatic heterocycles. The highest BCUT2D eigenvalue weighted by molar-refractivity contribution is 5.67. The third kappa shape index (κ3) is 5.23. The van der Waals surface area contributed by atoms with E-state index in [4.69, 9.17) is 14.3 Å². The Kier molecular flexibility index (Phi) is 6.20. The molecule has 0 bridgehead atoms. The molecule has 7 heteroatoms. The number of hydrogen-bond donors (Lipinski definition) is 1. The predicted octanol–water partition coefficient (Wildman–Crippen LogP) is 6.18. The van der Waals surface area contributed by atoms with Crippen LogP contribution in [0.5, 0.6) is 5.75 Å². The fourth-order valence-electron chi connectivity index (χ4n) is 3.07. The van der Waals surface area contributed by atoms with Crippen LogP contribution < -0.4 is 4.74 Å². The van der Waals surface area contributed by atoms with E-state index in [9.17, 15) is 18.0 Å². The summed E-state index contributed by atoms with van der Waals surface area (Å²) in [6.45, 7) is 3.91. The second-order valence-electron chi connectivity index (χ2n) is 7.04. The van der Waals surface area contributed by atoms with Gasteiger partial charge < -0.3 is 14.3 Å². The summed E-state index contributed by atoms with van der Waals surface area (Å²) < 4.78 is 49.7. The van der Waals surface area contributed by atoms with E-state index in [1.54, 1.807) is 19.1 Å². The molecule has 0 amide bonds. The van der Waals surface area contributed by atoms with Gasteiger partial charge in [-0.2, -0.15) is 13.2 Å². The van der Waals surface area contributed by atoms with Crippen molar-refractivity contribution in [1.82, 2.24) is 0 Å². The van der Waals surface area contributed by atoms with Crippen LogP contribution in [0.25, 0.3) is 11.3 Å². The number of aryl methyl sites for hydroxylation is 3. The van der Waals surface area contributed by atoms with Crippen LogP contribution in [0.2, 0.25) is 0 Å². The van der Waals surface area contributed by atoms with Gasteiger partial charge in [0.2, 0.25) is 0 Å². The summed E-state index contributed by atoms with van der Waals surface area (Å²) in [7, 11) is 0. The van der Waals surface area contributed by atoms with Crippen LogP contribution in [0.1, 0.15) is 34.4 Å². The summed E-state index contributed by atoms with van der Waals surface area (Å²) in [6.07, 6.45) is -3.85. The molecule has 2 aromatic carbocycles. The fourth-order valence-corrected chi connectivity index (χ4v) is 3.07. The van der Waals surface area contributed by atoms with Crippen LogP contribution in [-0.4, -0.2) is 11.1 Å². The smallest absolute Gasteiger partial charge is 0.416 e. The van der Waals surface area contributed by atoms with Crippen molar-refractivity contribution >= 4 is 5.97 Å². The highest BCUT2D eigenvalue weighted by Gasteiger charge is 2.30. The second kappa shape index (κ2) is 8.65. The minimum atomic E-state index is -4.38. The number of carbonyl (C=O) groups is 1. The average molecular weight is 418 g/mol. The highest BCUT2D eigenvalue weighted by Crippen LogP contribution is 2.32. The number of aliphatic carboxylic acids is 1. The van der Waals surface area contributed by atoms with E-state index in [0.29, 0.717) is 29.3 Å². The van der Waals surface area contributed by atoms with Gasteiger partial charge in [0.05, 0.1) is 5.56 Å². The van der Waals surface area contributed by atoms with Gasteiger partial charge in [-0.25, -0.2) is 0 Å². The maximum atomic E-state index is 12.7. The molecule has 4 nitrogen and oxygen atoms in total. The maximum absolute atomic E-state index is 12.7. The van der Waals surface area contributed by atoms with Crippen molar-refractivity contribution in [3.8, 4) is 17.1 Å². The first-order chi connectivity index (χ1) is 14.1. The average Bonchev–Trinajstić information content (AvgIpc) is 3.05. The zero-order valence-electron chi connectivity index (χ0n) is 16.5. The van der Waals surface area contributed by atoms with Gasteiger partial charge >= 0.3 is 12.1 Å². The Bertz CT molecular complexity index is 1030. The largest absolute Gasteiger partial charge is 0.489 e. The van der Waals surface area contributed by atoms with E-state index in [1.807, 2.05) is 19.1 Å². The van der Waals surface area contributed by atoms with Gasteiger partial charge in [-0.3, -0.25) is 4.79 Å². The van der Waals surface area contributed by atoms with Crippen molar-refractivity contribution in [3.05, 3.63) is 76.5 Å². The Morgan fingerprint density at radius 2 is 1.73 bits per heavy atom. The van der Waals surface area contributed by atoms with Crippen LogP contribution in [0.15, 0.2) is 52.9 Å². The van der Waals surface area contributed by atoms with E-state index in [1.165, 1.54) is 12.1 Å². The number of hydrogen-bond acceptors (Lipinski definition) is 3. The van der Waals surface area contributed by atoms with Gasteiger partial charge in [0, 0.05) is 17.5 Å². The van der Waals surface area contributed by atoms with E-state index in [-0.39, 0.29) is 13.0 Å². The van der Waals surface area contributed by atoms with Crippen LogP contribution >= 0.6 is 0 Å². The van der Waals surface area contributed by atoms with Crippen LogP contribution in [0.4, 0.5) is 13.2 Å². The van der Waals surface area contributed by atoms with Gasteiger partial charge in [0.25, 0.3) is 0 Å². The lowest BCUT2D eigenvalue weighted by molar-refractivity contribution is -0.138. The first kappa shape index (κ1) is 21.5. The molecule has 3 aromatic rings. The highest BCUT2D eigenvalue weighted by atomic mass is 19.4. The zero-order chi connectivity index (χ0) is 21.9. The van der Waals surface area contributed by atoms with Crippen LogP contribution in [-0.2, 0) is 24.0 Å². The molecule has 30 heavy (non-hydrogen) atoms. The van der Waals surface area contributed by atoms with Crippen molar-refractivity contribution in [2.24, 2.45) is 0 Å². The maximum Gasteiger partial charge on any atom is 0.416 e. The van der Waals surface area contributed by atoms with Crippen molar-refractivity contribution in [2.45, 2.75) is 39.5 Å². The number of ether oxygens (including phenoxy) is 1. The van der Waals surface area contributed by atoms with E-state index < -0.39 is 17.7 Å². The van der Waals surface area contributed by atoms with Crippen molar-refractivity contribution < 1.29 is 32.2 Å². The Morgan fingerprint density at radius 3 is 2.33 bits per heavy atom. The third-order valence-corrected chi connectivity index (χ3v) is 4.83. The molecule has 0 aliphatic rings. The molecule has 0 unspecified atom stereocenters. The molecule has 1 aromatic heterocycles. The SMILES string of the molecule is Cc1cc(OCc2cc(-c3ccc(C(F)(F)F)cc3)oc2C)ccc1CCC(=O)O. The monoisotopic (exact) mass is 418 g/mol. The van der Waals surface area contributed by atoms with Gasteiger partial charge in [-0.05, 0) is 61.7 Å². The molecule has 3 rings (SSSR count). The van der Waals surface area contributed by atoms with Crippen molar-refractivity contribution in [1.29, 1.82) is 0 Å². The van der Waals surface area contributed by atoms with Gasteiger partial charge in [-0.1, -0.05) is 18.2 Å². The molecule has 0 spiro atoms. The van der Waals surface area contributed by atoms with Crippen molar-refractivity contribution in [3.63, 3.8) is 0 Å². The van der Waals surface area contributed by atoms with Gasteiger partial charge in [-0.15, -0.1) is 0 Å². The third-order valence-electron chi connectivity index (χ3n) is 4.83. The lowest BCUT2D eigenvalue weighted by atomic mass is 10.0. The standard InChI is InChI=1S/C23H21F3O4/c1-14-11-20(9-5-16(14)6-10-22(27)28)29-13-18-12-21(30-15(18)2)17-3-7-19(8-4-17)23(24,25)26/h3-5,7-9,11-12H,6,10,13H2,1-2H3,(H,27,28). The summed E-state index contributed by atoms with van der Waals surface area (Å²) in [4.78, 5) is 10.7. The van der Waals surface area contributed by atoms with Crippen LogP contribution in [0.3, 0.4) is 0 Å². The first-order valence-electron chi connectivity index (χ1n) is 9.34. The number of halogens is 3. The molecule has 158 valence electrons. The number of benzene rings is 2. The lowest BCUT2D eigenvalue weighted by Gasteiger charge is -2.09. The summed E-state index contributed by atoms with van der Waals surface area (Å²) in [5, 5.41) is 8.81. The summed E-state index contributed by atoms with van der Waals surface area (Å²) >= 11 is 0. The molecule has 1 N–H and O–H groups in total.